The molecule has 98 valence electrons. The van der Waals surface area contributed by atoms with E-state index in [1.807, 2.05) is 18.2 Å². The van der Waals surface area contributed by atoms with Gasteiger partial charge in [0.15, 0.2) is 0 Å². The number of para-hydroxylation sites is 1. The third kappa shape index (κ3) is 2.80. The molecule has 1 aromatic rings. The summed E-state index contributed by atoms with van der Waals surface area (Å²) in [6.07, 6.45) is 0.557. The molecule has 5 nitrogen and oxygen atoms in total. The van der Waals surface area contributed by atoms with Gasteiger partial charge in [-0.3, -0.25) is 4.79 Å². The number of aliphatic hydroxyl groups is 1. The molecule has 0 spiro atoms. The molecule has 1 saturated heterocycles. The van der Waals surface area contributed by atoms with Crippen LogP contribution in [0.5, 0.6) is 0 Å². The molecule has 1 aliphatic heterocycles. The van der Waals surface area contributed by atoms with Crippen LogP contribution in [0.1, 0.15) is 16.8 Å². The fourth-order valence-corrected chi connectivity index (χ4v) is 1.98. The first kappa shape index (κ1) is 12.9. The molecule has 1 fully saturated rings. The molecule has 2 rings (SSSR count). The van der Waals surface area contributed by atoms with Gasteiger partial charge in [0.1, 0.15) is 5.60 Å². The van der Waals surface area contributed by atoms with Crippen molar-refractivity contribution in [3.05, 3.63) is 29.8 Å². The van der Waals surface area contributed by atoms with Crippen molar-refractivity contribution in [3.63, 3.8) is 0 Å². The van der Waals surface area contributed by atoms with Crippen LogP contribution in [-0.2, 0) is 4.74 Å². The van der Waals surface area contributed by atoms with Crippen molar-refractivity contribution in [3.8, 4) is 0 Å². The molecule has 0 bridgehead atoms. The van der Waals surface area contributed by atoms with E-state index in [2.05, 4.69) is 10.6 Å². The molecular formula is C13H18N2O3. The summed E-state index contributed by atoms with van der Waals surface area (Å²) in [5, 5.41) is 15.8. The predicted octanol–water partition coefficient (Wildman–Crippen LogP) is 0.609. The Bertz CT molecular complexity index is 428. The van der Waals surface area contributed by atoms with E-state index in [4.69, 9.17) is 4.74 Å². The van der Waals surface area contributed by atoms with Crippen LogP contribution in [0.15, 0.2) is 24.3 Å². The highest BCUT2D eigenvalue weighted by Gasteiger charge is 2.32. The normalized spacial score (nSPS) is 22.8. The molecule has 1 amide bonds. The van der Waals surface area contributed by atoms with Crippen LogP contribution in [0, 0.1) is 0 Å². The Morgan fingerprint density at radius 3 is 2.94 bits per heavy atom. The summed E-state index contributed by atoms with van der Waals surface area (Å²) in [7, 11) is 1.77. The van der Waals surface area contributed by atoms with E-state index < -0.39 is 5.60 Å². The first-order chi connectivity index (χ1) is 8.64. The molecule has 0 aromatic heterocycles. The van der Waals surface area contributed by atoms with Crippen LogP contribution >= 0.6 is 0 Å². The largest absolute Gasteiger partial charge is 0.387 e. The molecule has 0 aliphatic carbocycles. The molecular weight excluding hydrogens is 232 g/mol. The number of hydrogen-bond donors (Lipinski definition) is 3. The Morgan fingerprint density at radius 2 is 2.28 bits per heavy atom. The van der Waals surface area contributed by atoms with Gasteiger partial charge in [-0.1, -0.05) is 12.1 Å². The third-order valence-corrected chi connectivity index (χ3v) is 3.10. The molecule has 0 saturated carbocycles. The Labute approximate surface area is 106 Å². The number of rotatable bonds is 4. The third-order valence-electron chi connectivity index (χ3n) is 3.10. The van der Waals surface area contributed by atoms with Gasteiger partial charge >= 0.3 is 0 Å². The highest BCUT2D eigenvalue weighted by atomic mass is 16.5. The summed E-state index contributed by atoms with van der Waals surface area (Å²) in [5.74, 6) is -0.194. The second-order valence-corrected chi connectivity index (χ2v) is 4.51. The molecule has 18 heavy (non-hydrogen) atoms. The van der Waals surface area contributed by atoms with Gasteiger partial charge in [-0.05, 0) is 12.1 Å². The fraction of sp³-hybridized carbons (Fsp3) is 0.462. The Morgan fingerprint density at radius 1 is 1.50 bits per heavy atom. The van der Waals surface area contributed by atoms with Crippen LogP contribution in [0.3, 0.4) is 0 Å². The molecule has 0 radical (unpaired) electrons. The van der Waals surface area contributed by atoms with E-state index in [1.165, 1.54) is 0 Å². The summed E-state index contributed by atoms with van der Waals surface area (Å²) in [5.41, 5.74) is 0.414. The van der Waals surface area contributed by atoms with Crippen molar-refractivity contribution in [2.75, 3.05) is 32.1 Å². The van der Waals surface area contributed by atoms with Crippen molar-refractivity contribution in [2.45, 2.75) is 12.0 Å². The number of amides is 1. The van der Waals surface area contributed by atoms with Crippen LogP contribution in [-0.4, -0.2) is 43.4 Å². The van der Waals surface area contributed by atoms with Crippen molar-refractivity contribution < 1.29 is 14.6 Å². The maximum Gasteiger partial charge on any atom is 0.253 e. The highest BCUT2D eigenvalue weighted by Crippen LogP contribution is 2.18. The second-order valence-electron chi connectivity index (χ2n) is 4.51. The molecule has 1 heterocycles. The maximum atomic E-state index is 12.0. The Hall–Kier alpha value is -1.59. The average molecular weight is 250 g/mol. The van der Waals surface area contributed by atoms with E-state index >= 15 is 0 Å². The first-order valence-electron chi connectivity index (χ1n) is 6.00. The minimum absolute atomic E-state index is 0.194. The van der Waals surface area contributed by atoms with E-state index in [1.54, 1.807) is 13.1 Å². The number of benzene rings is 1. The number of anilines is 1. The van der Waals surface area contributed by atoms with Gasteiger partial charge in [0.2, 0.25) is 0 Å². The lowest BCUT2D eigenvalue weighted by atomic mass is 10.0. The van der Waals surface area contributed by atoms with Crippen LogP contribution in [0.25, 0.3) is 0 Å². The molecule has 3 N–H and O–H groups in total. The van der Waals surface area contributed by atoms with Gasteiger partial charge in [-0.15, -0.1) is 0 Å². The smallest absolute Gasteiger partial charge is 0.253 e. The van der Waals surface area contributed by atoms with Crippen molar-refractivity contribution in [1.29, 1.82) is 0 Å². The molecule has 1 aliphatic rings. The van der Waals surface area contributed by atoms with Gasteiger partial charge in [0.05, 0.1) is 12.2 Å². The lowest BCUT2D eigenvalue weighted by Gasteiger charge is -2.21. The Kier molecular flexibility index (Phi) is 3.84. The van der Waals surface area contributed by atoms with E-state index in [-0.39, 0.29) is 19.1 Å². The number of carbonyl (C=O) groups is 1. The maximum absolute atomic E-state index is 12.0. The van der Waals surface area contributed by atoms with Crippen molar-refractivity contribution in [1.82, 2.24) is 5.32 Å². The lowest BCUT2D eigenvalue weighted by Crippen LogP contribution is -2.43. The van der Waals surface area contributed by atoms with Crippen LogP contribution in [0.4, 0.5) is 5.69 Å². The van der Waals surface area contributed by atoms with Crippen molar-refractivity contribution in [2.24, 2.45) is 0 Å². The summed E-state index contributed by atoms with van der Waals surface area (Å²) < 4.78 is 5.13. The van der Waals surface area contributed by atoms with Gasteiger partial charge in [-0.2, -0.15) is 0 Å². The number of nitrogens with one attached hydrogen (secondary N) is 2. The fourth-order valence-electron chi connectivity index (χ4n) is 1.98. The summed E-state index contributed by atoms with van der Waals surface area (Å²) >= 11 is 0. The van der Waals surface area contributed by atoms with Crippen LogP contribution in [0.2, 0.25) is 0 Å². The monoisotopic (exact) mass is 250 g/mol. The molecule has 1 aromatic carbocycles. The first-order valence-corrected chi connectivity index (χ1v) is 6.00. The summed E-state index contributed by atoms with van der Waals surface area (Å²) in [6, 6.07) is 7.25. The van der Waals surface area contributed by atoms with E-state index in [9.17, 15) is 9.90 Å². The number of hydrogen-bond acceptors (Lipinski definition) is 4. The number of carbonyl (C=O) groups excluding carboxylic acids is 1. The van der Waals surface area contributed by atoms with Crippen molar-refractivity contribution >= 4 is 11.6 Å². The van der Waals surface area contributed by atoms with Gasteiger partial charge < -0.3 is 20.5 Å². The standard InChI is InChI=1S/C13H18N2O3/c1-14-11-5-3-2-4-10(11)12(16)15-8-13(17)6-7-18-9-13/h2-5,14,17H,6-9H2,1H3,(H,15,16). The lowest BCUT2D eigenvalue weighted by molar-refractivity contribution is 0.0265. The van der Waals surface area contributed by atoms with E-state index in [0.717, 1.165) is 5.69 Å². The number of ether oxygens (including phenoxy) is 1. The van der Waals surface area contributed by atoms with Gasteiger partial charge in [-0.25, -0.2) is 0 Å². The minimum atomic E-state index is -0.926. The highest BCUT2D eigenvalue weighted by molar-refractivity contribution is 5.99. The zero-order valence-corrected chi connectivity index (χ0v) is 10.4. The van der Waals surface area contributed by atoms with E-state index in [0.29, 0.717) is 18.6 Å². The zero-order chi connectivity index (χ0) is 13.0. The second kappa shape index (κ2) is 5.37. The summed E-state index contributed by atoms with van der Waals surface area (Å²) in [6.45, 7) is 1.03. The van der Waals surface area contributed by atoms with Gasteiger partial charge in [0, 0.05) is 32.3 Å². The Balaban J connectivity index is 1.99. The summed E-state index contributed by atoms with van der Waals surface area (Å²) in [4.78, 5) is 12.0. The molecule has 1 unspecified atom stereocenters. The quantitative estimate of drug-likeness (QED) is 0.732. The zero-order valence-electron chi connectivity index (χ0n) is 10.4. The van der Waals surface area contributed by atoms with Crippen LogP contribution < -0.4 is 10.6 Å². The molecule has 5 heteroatoms. The van der Waals surface area contributed by atoms with Gasteiger partial charge in [0.25, 0.3) is 5.91 Å². The minimum Gasteiger partial charge on any atom is -0.387 e. The SMILES string of the molecule is CNc1ccccc1C(=O)NCC1(O)CCOC1. The average Bonchev–Trinajstić information content (AvgIpc) is 2.83. The molecule has 1 atom stereocenters. The predicted molar refractivity (Wildman–Crippen MR) is 68.7 cm³/mol. The topological polar surface area (TPSA) is 70.6 Å².